The van der Waals surface area contributed by atoms with Gasteiger partial charge in [0.25, 0.3) is 5.91 Å². The summed E-state index contributed by atoms with van der Waals surface area (Å²) in [4.78, 5) is 16.1. The summed E-state index contributed by atoms with van der Waals surface area (Å²) >= 11 is 0. The predicted molar refractivity (Wildman–Crippen MR) is 75.9 cm³/mol. The number of H-pyrrole nitrogens is 1. The number of nitrogens with two attached hydrogens (primary N) is 1. The summed E-state index contributed by atoms with van der Waals surface area (Å²) in [6, 6.07) is 8.99. The highest BCUT2D eigenvalue weighted by Gasteiger charge is 2.09. The predicted octanol–water partition coefficient (Wildman–Crippen LogP) is 1.47. The normalized spacial score (nSPS) is 10.6. The number of nitrogen functional groups attached to an aromatic ring is 1. The van der Waals surface area contributed by atoms with Crippen molar-refractivity contribution in [1.29, 1.82) is 0 Å². The number of benzene rings is 1. The Morgan fingerprint density at radius 2 is 2.25 bits per heavy atom. The van der Waals surface area contributed by atoms with Crippen LogP contribution < -0.4 is 11.1 Å². The minimum atomic E-state index is -0.156. The van der Waals surface area contributed by atoms with E-state index in [4.69, 9.17) is 5.73 Å². The van der Waals surface area contributed by atoms with Gasteiger partial charge >= 0.3 is 0 Å². The molecule has 0 fully saturated rings. The maximum absolute atomic E-state index is 12.1. The highest BCUT2D eigenvalue weighted by molar-refractivity contribution is 6.00. The molecule has 0 saturated carbocycles. The number of nitrogens with zero attached hydrogens (tertiary/aromatic N) is 2. The average Bonchev–Trinajstić information content (AvgIpc) is 2.87. The number of hydrogen-bond donors (Lipinski definition) is 3. The van der Waals surface area contributed by atoms with E-state index in [1.165, 1.54) is 0 Å². The van der Waals surface area contributed by atoms with Crippen LogP contribution in [0.4, 0.5) is 5.82 Å². The van der Waals surface area contributed by atoms with Crippen LogP contribution >= 0.6 is 0 Å². The molecule has 2 heterocycles. The first-order chi connectivity index (χ1) is 9.74. The highest BCUT2D eigenvalue weighted by Crippen LogP contribution is 2.19. The second-order valence-corrected chi connectivity index (χ2v) is 4.41. The average molecular weight is 267 g/mol. The molecule has 4 N–H and O–H groups in total. The Hall–Kier alpha value is -2.89. The first kappa shape index (κ1) is 12.2. The van der Waals surface area contributed by atoms with E-state index in [1.54, 1.807) is 30.6 Å². The Morgan fingerprint density at radius 1 is 1.35 bits per heavy atom. The van der Waals surface area contributed by atoms with Crippen LogP contribution in [0, 0.1) is 0 Å². The molecule has 0 atom stereocenters. The molecule has 3 rings (SSSR count). The summed E-state index contributed by atoms with van der Waals surface area (Å²) < 4.78 is 0. The SMILES string of the molecule is Nc1n[nH]c2ccc(C(=O)NCc3cccnc3)cc12. The van der Waals surface area contributed by atoms with Crippen LogP contribution in [0.1, 0.15) is 15.9 Å². The van der Waals surface area contributed by atoms with E-state index < -0.39 is 0 Å². The number of amides is 1. The van der Waals surface area contributed by atoms with Gasteiger partial charge in [0, 0.05) is 29.9 Å². The number of anilines is 1. The van der Waals surface area contributed by atoms with Crippen LogP contribution in [-0.2, 0) is 6.54 Å². The van der Waals surface area contributed by atoms with Crippen molar-refractivity contribution in [2.75, 3.05) is 5.73 Å². The van der Waals surface area contributed by atoms with Gasteiger partial charge in [-0.3, -0.25) is 14.9 Å². The summed E-state index contributed by atoms with van der Waals surface area (Å²) in [7, 11) is 0. The lowest BCUT2D eigenvalue weighted by Gasteiger charge is -2.05. The standard InChI is InChI=1S/C14H13N5O/c15-13-11-6-10(3-4-12(11)18-19-13)14(20)17-8-9-2-1-5-16-7-9/h1-7H,8H2,(H,17,20)(H3,15,18,19). The van der Waals surface area contributed by atoms with Crippen molar-refractivity contribution in [2.45, 2.75) is 6.54 Å². The maximum atomic E-state index is 12.1. The molecule has 0 aliphatic rings. The number of pyridine rings is 1. The van der Waals surface area contributed by atoms with Gasteiger partial charge in [-0.25, -0.2) is 0 Å². The molecular weight excluding hydrogens is 254 g/mol. The summed E-state index contributed by atoms with van der Waals surface area (Å²) in [5, 5.41) is 10.3. The molecule has 100 valence electrons. The van der Waals surface area contributed by atoms with Gasteiger partial charge in [-0.2, -0.15) is 5.10 Å². The fraction of sp³-hybridized carbons (Fsp3) is 0.0714. The van der Waals surface area contributed by atoms with E-state index in [0.29, 0.717) is 17.9 Å². The van der Waals surface area contributed by atoms with Crippen LogP contribution in [0.2, 0.25) is 0 Å². The van der Waals surface area contributed by atoms with Gasteiger partial charge in [0.15, 0.2) is 5.82 Å². The van der Waals surface area contributed by atoms with Crippen LogP contribution in [0.5, 0.6) is 0 Å². The highest BCUT2D eigenvalue weighted by atomic mass is 16.1. The second-order valence-electron chi connectivity index (χ2n) is 4.41. The van der Waals surface area contributed by atoms with Gasteiger partial charge in [0.1, 0.15) is 0 Å². The minimum absolute atomic E-state index is 0.156. The largest absolute Gasteiger partial charge is 0.382 e. The molecule has 0 radical (unpaired) electrons. The van der Waals surface area contributed by atoms with Gasteiger partial charge in [-0.1, -0.05) is 6.07 Å². The van der Waals surface area contributed by atoms with Crippen molar-refractivity contribution in [2.24, 2.45) is 0 Å². The number of hydrogen-bond acceptors (Lipinski definition) is 4. The zero-order valence-electron chi connectivity index (χ0n) is 10.6. The van der Waals surface area contributed by atoms with E-state index in [2.05, 4.69) is 20.5 Å². The first-order valence-corrected chi connectivity index (χ1v) is 6.15. The Morgan fingerprint density at radius 3 is 3.05 bits per heavy atom. The Bertz CT molecular complexity index is 751. The maximum Gasteiger partial charge on any atom is 0.251 e. The van der Waals surface area contributed by atoms with E-state index in [9.17, 15) is 4.79 Å². The van der Waals surface area contributed by atoms with Gasteiger partial charge in [0.2, 0.25) is 0 Å². The molecule has 0 unspecified atom stereocenters. The van der Waals surface area contributed by atoms with Gasteiger partial charge in [-0.15, -0.1) is 0 Å². The number of carbonyl (C=O) groups excluding carboxylic acids is 1. The molecule has 1 amide bonds. The Kier molecular flexibility index (Phi) is 3.04. The molecule has 6 nitrogen and oxygen atoms in total. The van der Waals surface area contributed by atoms with E-state index in [0.717, 1.165) is 16.5 Å². The molecule has 0 aliphatic heterocycles. The van der Waals surface area contributed by atoms with Crippen LogP contribution in [-0.4, -0.2) is 21.1 Å². The van der Waals surface area contributed by atoms with Crippen molar-refractivity contribution < 1.29 is 4.79 Å². The first-order valence-electron chi connectivity index (χ1n) is 6.15. The number of carbonyl (C=O) groups is 1. The van der Waals surface area contributed by atoms with Crippen LogP contribution in [0.25, 0.3) is 10.9 Å². The third-order valence-corrected chi connectivity index (χ3v) is 3.03. The summed E-state index contributed by atoms with van der Waals surface area (Å²) in [5.41, 5.74) is 8.04. The lowest BCUT2D eigenvalue weighted by molar-refractivity contribution is 0.0951. The molecule has 20 heavy (non-hydrogen) atoms. The Labute approximate surface area is 115 Å². The minimum Gasteiger partial charge on any atom is -0.382 e. The summed E-state index contributed by atoms with van der Waals surface area (Å²) in [6.45, 7) is 0.436. The summed E-state index contributed by atoms with van der Waals surface area (Å²) in [6.07, 6.45) is 3.42. The van der Waals surface area contributed by atoms with Gasteiger partial charge in [-0.05, 0) is 29.8 Å². The van der Waals surface area contributed by atoms with Gasteiger partial charge in [0.05, 0.1) is 5.52 Å². The van der Waals surface area contributed by atoms with E-state index in [-0.39, 0.29) is 5.91 Å². The molecule has 0 saturated heterocycles. The molecule has 1 aromatic carbocycles. The lowest BCUT2D eigenvalue weighted by Crippen LogP contribution is -2.22. The lowest BCUT2D eigenvalue weighted by atomic mass is 10.1. The molecule has 6 heteroatoms. The number of aromatic nitrogens is 3. The molecular formula is C14H13N5O. The fourth-order valence-corrected chi connectivity index (χ4v) is 1.96. The zero-order chi connectivity index (χ0) is 13.9. The number of nitrogens with one attached hydrogen (secondary N) is 2. The number of rotatable bonds is 3. The van der Waals surface area contributed by atoms with Crippen molar-refractivity contribution >= 4 is 22.6 Å². The van der Waals surface area contributed by atoms with Crippen molar-refractivity contribution in [1.82, 2.24) is 20.5 Å². The Balaban J connectivity index is 1.77. The third-order valence-electron chi connectivity index (χ3n) is 3.03. The van der Waals surface area contributed by atoms with Crippen LogP contribution in [0.15, 0.2) is 42.7 Å². The number of aromatic amines is 1. The molecule has 3 aromatic rings. The van der Waals surface area contributed by atoms with Gasteiger partial charge < -0.3 is 11.1 Å². The second kappa shape index (κ2) is 5.00. The van der Waals surface area contributed by atoms with E-state index in [1.807, 2.05) is 12.1 Å². The number of fused-ring (bicyclic) bond motifs is 1. The zero-order valence-corrected chi connectivity index (χ0v) is 10.6. The molecule has 0 spiro atoms. The summed E-state index contributed by atoms with van der Waals surface area (Å²) in [5.74, 6) is 0.235. The van der Waals surface area contributed by atoms with E-state index >= 15 is 0 Å². The van der Waals surface area contributed by atoms with Crippen molar-refractivity contribution in [3.05, 3.63) is 53.9 Å². The smallest absolute Gasteiger partial charge is 0.251 e. The third kappa shape index (κ3) is 2.31. The molecule has 0 bridgehead atoms. The molecule has 2 aromatic heterocycles. The monoisotopic (exact) mass is 267 g/mol. The van der Waals surface area contributed by atoms with Crippen molar-refractivity contribution in [3.63, 3.8) is 0 Å². The van der Waals surface area contributed by atoms with Crippen molar-refractivity contribution in [3.8, 4) is 0 Å². The van der Waals surface area contributed by atoms with Crippen LogP contribution in [0.3, 0.4) is 0 Å². The topological polar surface area (TPSA) is 96.7 Å². The molecule has 0 aliphatic carbocycles. The fourth-order valence-electron chi connectivity index (χ4n) is 1.96. The quantitative estimate of drug-likeness (QED) is 0.669.